The molecule has 3 nitrogen and oxygen atoms in total. The van der Waals surface area contributed by atoms with Crippen LogP contribution in [0.2, 0.25) is 5.02 Å². The lowest BCUT2D eigenvalue weighted by Gasteiger charge is -2.14. The molecular weight excluding hydrogens is 445 g/mol. The summed E-state index contributed by atoms with van der Waals surface area (Å²) < 4.78 is 46.4. The zero-order chi connectivity index (χ0) is 22.4. The molecule has 1 heterocycles. The number of thioether (sulfide) groups is 1. The normalized spacial score (nSPS) is 11.2. The van der Waals surface area contributed by atoms with Gasteiger partial charge in [0.25, 0.3) is 0 Å². The number of pyridine rings is 1. The summed E-state index contributed by atoms with van der Waals surface area (Å²) in [6.45, 7) is 2.25. The highest BCUT2D eigenvalue weighted by Crippen LogP contribution is 2.38. The van der Waals surface area contributed by atoms with Gasteiger partial charge in [0.1, 0.15) is 23.5 Å². The Balaban J connectivity index is 1.87. The molecule has 0 aliphatic heterocycles. The van der Waals surface area contributed by atoms with E-state index in [-0.39, 0.29) is 10.7 Å². The first-order chi connectivity index (χ1) is 14.8. The molecule has 0 saturated heterocycles. The Morgan fingerprint density at radius 2 is 1.77 bits per heavy atom. The third-order valence-electron chi connectivity index (χ3n) is 4.32. The molecule has 0 N–H and O–H groups in total. The van der Waals surface area contributed by atoms with E-state index in [1.165, 1.54) is 0 Å². The van der Waals surface area contributed by atoms with Crippen LogP contribution in [0.15, 0.2) is 59.6 Å². The van der Waals surface area contributed by atoms with E-state index in [0.717, 1.165) is 29.8 Å². The predicted octanol–water partition coefficient (Wildman–Crippen LogP) is 7.37. The molecule has 0 amide bonds. The van der Waals surface area contributed by atoms with Gasteiger partial charge in [0, 0.05) is 10.6 Å². The van der Waals surface area contributed by atoms with Gasteiger partial charge in [0.05, 0.1) is 16.8 Å². The zero-order valence-electron chi connectivity index (χ0n) is 16.5. The second-order valence-corrected chi connectivity index (χ2v) is 8.15. The van der Waals surface area contributed by atoms with E-state index in [9.17, 15) is 18.4 Å². The van der Waals surface area contributed by atoms with E-state index >= 15 is 0 Å². The fourth-order valence-electron chi connectivity index (χ4n) is 2.77. The molecule has 0 aliphatic rings. The lowest BCUT2D eigenvalue weighted by molar-refractivity contribution is -0.138. The monoisotopic (exact) mass is 462 g/mol. The first kappa shape index (κ1) is 23.0. The van der Waals surface area contributed by atoms with Crippen molar-refractivity contribution >= 4 is 23.4 Å². The molecule has 1 aromatic heterocycles. The van der Waals surface area contributed by atoms with Crippen LogP contribution in [-0.2, 0) is 12.8 Å². The predicted molar refractivity (Wildman–Crippen MR) is 116 cm³/mol. The van der Waals surface area contributed by atoms with Crippen molar-refractivity contribution in [2.24, 2.45) is 0 Å². The highest BCUT2D eigenvalue weighted by molar-refractivity contribution is 7.99. The van der Waals surface area contributed by atoms with Gasteiger partial charge >= 0.3 is 6.18 Å². The maximum absolute atomic E-state index is 13.6. The van der Waals surface area contributed by atoms with Crippen LogP contribution < -0.4 is 4.74 Å². The van der Waals surface area contributed by atoms with Crippen LogP contribution in [0.5, 0.6) is 5.75 Å². The van der Waals surface area contributed by atoms with E-state index in [1.807, 2.05) is 19.1 Å². The first-order valence-corrected chi connectivity index (χ1v) is 10.8. The Labute approximate surface area is 187 Å². The van der Waals surface area contributed by atoms with E-state index < -0.39 is 17.3 Å². The van der Waals surface area contributed by atoms with Gasteiger partial charge in [-0.15, -0.1) is 11.8 Å². The lowest BCUT2D eigenvalue weighted by Crippen LogP contribution is -2.10. The molecule has 2 aromatic carbocycles. The van der Waals surface area contributed by atoms with Crippen LogP contribution in [0, 0.1) is 11.3 Å². The standard InChI is InChI=1S/C23H18ClF3N2OS/c1-2-11-31-22-19(13-28)20(23(25,26)27)12-21(29-22)16-5-9-18(10-6-16)30-14-15-3-7-17(24)8-4-15/h3-10,12H,2,11,14H2,1H3. The molecule has 0 bridgehead atoms. The summed E-state index contributed by atoms with van der Waals surface area (Å²) in [6, 6.07) is 16.5. The van der Waals surface area contributed by atoms with E-state index in [4.69, 9.17) is 16.3 Å². The minimum Gasteiger partial charge on any atom is -0.489 e. The Morgan fingerprint density at radius 3 is 2.35 bits per heavy atom. The highest BCUT2D eigenvalue weighted by atomic mass is 35.5. The van der Waals surface area contributed by atoms with Gasteiger partial charge in [0.2, 0.25) is 0 Å². The highest BCUT2D eigenvalue weighted by Gasteiger charge is 2.36. The van der Waals surface area contributed by atoms with Crippen molar-refractivity contribution in [3.63, 3.8) is 0 Å². The molecule has 0 fully saturated rings. The van der Waals surface area contributed by atoms with Crippen LogP contribution in [-0.4, -0.2) is 10.7 Å². The number of ether oxygens (including phenoxy) is 1. The number of nitriles is 1. The van der Waals surface area contributed by atoms with Crippen molar-refractivity contribution in [3.05, 3.63) is 76.3 Å². The van der Waals surface area contributed by atoms with Crippen LogP contribution in [0.25, 0.3) is 11.3 Å². The molecule has 0 spiro atoms. The fraction of sp³-hybridized carbons (Fsp3) is 0.217. The van der Waals surface area contributed by atoms with Crippen molar-refractivity contribution in [3.8, 4) is 23.1 Å². The summed E-state index contributed by atoms with van der Waals surface area (Å²) in [5.74, 6) is 1.14. The number of aromatic nitrogens is 1. The molecule has 0 atom stereocenters. The number of alkyl halides is 3. The number of rotatable bonds is 7. The minimum atomic E-state index is -4.65. The summed E-state index contributed by atoms with van der Waals surface area (Å²) in [5.41, 5.74) is 0.204. The molecule has 31 heavy (non-hydrogen) atoms. The summed E-state index contributed by atoms with van der Waals surface area (Å²) in [5, 5.41) is 10.0. The molecule has 8 heteroatoms. The van der Waals surface area contributed by atoms with Gasteiger partial charge in [0.15, 0.2) is 0 Å². The average Bonchev–Trinajstić information content (AvgIpc) is 2.76. The molecule has 0 radical (unpaired) electrons. The van der Waals surface area contributed by atoms with Crippen LogP contribution in [0.4, 0.5) is 13.2 Å². The Morgan fingerprint density at radius 1 is 1.10 bits per heavy atom. The third kappa shape index (κ3) is 5.93. The largest absolute Gasteiger partial charge is 0.489 e. The third-order valence-corrected chi connectivity index (χ3v) is 5.75. The maximum atomic E-state index is 13.6. The van der Waals surface area contributed by atoms with Gasteiger partial charge in [-0.3, -0.25) is 0 Å². The van der Waals surface area contributed by atoms with Crippen molar-refractivity contribution in [1.82, 2.24) is 4.98 Å². The van der Waals surface area contributed by atoms with Crippen molar-refractivity contribution in [2.75, 3.05) is 5.75 Å². The first-order valence-electron chi connectivity index (χ1n) is 9.44. The summed E-state index contributed by atoms with van der Waals surface area (Å²) in [4.78, 5) is 4.34. The quantitative estimate of drug-likeness (QED) is 0.344. The number of benzene rings is 2. The second kappa shape index (κ2) is 10.1. The van der Waals surface area contributed by atoms with Gasteiger partial charge in [-0.05, 0) is 60.2 Å². The van der Waals surface area contributed by atoms with E-state index in [1.54, 1.807) is 42.5 Å². The Kier molecular flexibility index (Phi) is 7.47. The molecule has 3 rings (SSSR count). The van der Waals surface area contributed by atoms with Gasteiger partial charge in [-0.1, -0.05) is 30.7 Å². The van der Waals surface area contributed by atoms with Crippen molar-refractivity contribution in [2.45, 2.75) is 31.2 Å². The molecule has 0 aliphatic carbocycles. The number of nitrogens with zero attached hydrogens (tertiary/aromatic N) is 2. The summed E-state index contributed by atoms with van der Waals surface area (Å²) in [7, 11) is 0. The fourth-order valence-corrected chi connectivity index (χ4v) is 3.76. The van der Waals surface area contributed by atoms with Crippen molar-refractivity contribution in [1.29, 1.82) is 5.26 Å². The van der Waals surface area contributed by atoms with Crippen LogP contribution >= 0.6 is 23.4 Å². The Bertz CT molecular complexity index is 1080. The van der Waals surface area contributed by atoms with Gasteiger partial charge < -0.3 is 4.74 Å². The molecule has 160 valence electrons. The molecule has 0 saturated carbocycles. The summed E-state index contributed by atoms with van der Waals surface area (Å²) >= 11 is 7.02. The van der Waals surface area contributed by atoms with E-state index in [2.05, 4.69) is 4.98 Å². The molecule has 3 aromatic rings. The van der Waals surface area contributed by atoms with E-state index in [0.29, 0.717) is 28.7 Å². The lowest BCUT2D eigenvalue weighted by atomic mass is 10.1. The van der Waals surface area contributed by atoms with Gasteiger partial charge in [-0.25, -0.2) is 4.98 Å². The zero-order valence-corrected chi connectivity index (χ0v) is 18.1. The second-order valence-electron chi connectivity index (χ2n) is 6.63. The molecular formula is C23H18ClF3N2OS. The smallest absolute Gasteiger partial charge is 0.417 e. The number of halogens is 4. The summed E-state index contributed by atoms with van der Waals surface area (Å²) in [6.07, 6.45) is -3.89. The topological polar surface area (TPSA) is 45.9 Å². The van der Waals surface area contributed by atoms with Crippen LogP contribution in [0.1, 0.15) is 30.0 Å². The average molecular weight is 463 g/mol. The maximum Gasteiger partial charge on any atom is 0.417 e. The number of hydrogen-bond donors (Lipinski definition) is 0. The number of hydrogen-bond acceptors (Lipinski definition) is 4. The van der Waals surface area contributed by atoms with Crippen LogP contribution in [0.3, 0.4) is 0 Å². The SMILES string of the molecule is CCCSc1nc(-c2ccc(OCc3ccc(Cl)cc3)cc2)cc(C(F)(F)F)c1C#N. The Hall–Kier alpha value is -2.69. The minimum absolute atomic E-state index is 0.0947. The molecule has 0 unspecified atom stereocenters. The van der Waals surface area contributed by atoms with Gasteiger partial charge in [-0.2, -0.15) is 18.4 Å². The van der Waals surface area contributed by atoms with Crippen molar-refractivity contribution < 1.29 is 17.9 Å².